The Morgan fingerprint density at radius 3 is 2.30 bits per heavy atom. The van der Waals surface area contributed by atoms with Crippen molar-refractivity contribution in [3.8, 4) is 0 Å². The molecular formula is C11H23N5O2S2. The summed E-state index contributed by atoms with van der Waals surface area (Å²) in [6, 6.07) is 0. The first-order valence-corrected chi connectivity index (χ1v) is 7.40. The maximum atomic E-state index is 5.29. The van der Waals surface area contributed by atoms with Crippen LogP contribution in [-0.2, 0) is 9.47 Å². The first-order valence-electron chi connectivity index (χ1n) is 6.59. The van der Waals surface area contributed by atoms with Crippen molar-refractivity contribution in [1.82, 2.24) is 26.4 Å². The Balaban J connectivity index is 1.98. The minimum atomic E-state index is 0.486. The summed E-state index contributed by atoms with van der Waals surface area (Å²) >= 11 is 10.2. The number of hydrogen-bond donors (Lipinski definition) is 4. The average molecular weight is 321 g/mol. The number of rotatable bonds is 6. The molecule has 1 aliphatic rings. The van der Waals surface area contributed by atoms with Gasteiger partial charge in [-0.3, -0.25) is 15.8 Å². The van der Waals surface area contributed by atoms with Crippen molar-refractivity contribution in [1.29, 1.82) is 0 Å². The quantitative estimate of drug-likeness (QED) is 0.275. The Hall–Kier alpha value is -0.740. The van der Waals surface area contributed by atoms with Crippen molar-refractivity contribution in [2.45, 2.75) is 0 Å². The van der Waals surface area contributed by atoms with Gasteiger partial charge >= 0.3 is 0 Å². The van der Waals surface area contributed by atoms with Crippen LogP contribution in [-0.4, -0.2) is 74.8 Å². The standard InChI is InChI=1S/C11H23N5O2S2/c1-17-7-3-13-11(20)15-14-10(19)12-2-4-16-5-8-18-9-6-16/h2-9H2,1H3,(H2,12,14,19)(H2,13,15,20). The molecule has 1 aliphatic heterocycles. The lowest BCUT2D eigenvalue weighted by molar-refractivity contribution is 0.0389. The predicted molar refractivity (Wildman–Crippen MR) is 86.6 cm³/mol. The fraction of sp³-hybridized carbons (Fsp3) is 0.818. The highest BCUT2D eigenvalue weighted by atomic mass is 32.1. The molecule has 1 fully saturated rings. The molecule has 0 aromatic rings. The molecule has 0 aromatic carbocycles. The number of morpholine rings is 1. The number of thiocarbonyl (C=S) groups is 2. The van der Waals surface area contributed by atoms with E-state index in [9.17, 15) is 0 Å². The number of methoxy groups -OCH3 is 1. The van der Waals surface area contributed by atoms with Crippen molar-refractivity contribution in [2.24, 2.45) is 0 Å². The highest BCUT2D eigenvalue weighted by Crippen LogP contribution is 1.94. The topological polar surface area (TPSA) is 69.8 Å². The first-order chi connectivity index (χ1) is 9.72. The Bertz CT molecular complexity index is 301. The van der Waals surface area contributed by atoms with E-state index in [0.717, 1.165) is 39.4 Å². The van der Waals surface area contributed by atoms with E-state index in [2.05, 4.69) is 26.4 Å². The zero-order valence-electron chi connectivity index (χ0n) is 11.7. The molecule has 1 rings (SSSR count). The van der Waals surface area contributed by atoms with Crippen LogP contribution in [0.4, 0.5) is 0 Å². The number of nitrogens with zero attached hydrogens (tertiary/aromatic N) is 1. The molecule has 0 radical (unpaired) electrons. The number of hydrogen-bond acceptors (Lipinski definition) is 5. The highest BCUT2D eigenvalue weighted by Gasteiger charge is 2.09. The summed E-state index contributed by atoms with van der Waals surface area (Å²) in [4.78, 5) is 2.34. The molecule has 20 heavy (non-hydrogen) atoms. The number of ether oxygens (including phenoxy) is 2. The van der Waals surface area contributed by atoms with Crippen LogP contribution < -0.4 is 21.5 Å². The summed E-state index contributed by atoms with van der Waals surface area (Å²) in [5.41, 5.74) is 5.64. The van der Waals surface area contributed by atoms with Gasteiger partial charge < -0.3 is 20.1 Å². The summed E-state index contributed by atoms with van der Waals surface area (Å²) in [6.45, 7) is 6.57. The van der Waals surface area contributed by atoms with E-state index < -0.39 is 0 Å². The van der Waals surface area contributed by atoms with Gasteiger partial charge in [-0.2, -0.15) is 0 Å². The average Bonchev–Trinajstić information content (AvgIpc) is 2.46. The molecule has 0 atom stereocenters. The Morgan fingerprint density at radius 2 is 1.70 bits per heavy atom. The van der Waals surface area contributed by atoms with Crippen LogP contribution in [0.15, 0.2) is 0 Å². The summed E-state index contributed by atoms with van der Waals surface area (Å²) in [5.74, 6) is 0. The molecule has 7 nitrogen and oxygen atoms in total. The minimum absolute atomic E-state index is 0.486. The van der Waals surface area contributed by atoms with E-state index in [1.54, 1.807) is 7.11 Å². The molecule has 0 unspecified atom stereocenters. The van der Waals surface area contributed by atoms with Crippen LogP contribution in [0.3, 0.4) is 0 Å². The number of nitrogens with one attached hydrogen (secondary N) is 4. The van der Waals surface area contributed by atoms with Crippen LogP contribution in [0.5, 0.6) is 0 Å². The molecule has 116 valence electrons. The van der Waals surface area contributed by atoms with Gasteiger partial charge in [0.1, 0.15) is 0 Å². The lowest BCUT2D eigenvalue weighted by Gasteiger charge is -2.26. The van der Waals surface area contributed by atoms with Gasteiger partial charge in [0.15, 0.2) is 10.2 Å². The Labute approximate surface area is 130 Å². The van der Waals surface area contributed by atoms with Gasteiger partial charge in [0.2, 0.25) is 0 Å². The van der Waals surface area contributed by atoms with Crippen LogP contribution in [0.1, 0.15) is 0 Å². The third-order valence-electron chi connectivity index (χ3n) is 2.70. The van der Waals surface area contributed by atoms with Gasteiger partial charge in [-0.1, -0.05) is 0 Å². The van der Waals surface area contributed by atoms with Gasteiger partial charge in [-0.25, -0.2) is 0 Å². The SMILES string of the molecule is COCCNC(=S)NNC(=S)NCCN1CCOCC1. The molecule has 0 aromatic heterocycles. The molecule has 9 heteroatoms. The Morgan fingerprint density at radius 1 is 1.10 bits per heavy atom. The fourth-order valence-corrected chi connectivity index (χ4v) is 1.93. The summed E-state index contributed by atoms with van der Waals surface area (Å²) < 4.78 is 10.2. The molecule has 0 amide bonds. The number of hydrazine groups is 1. The van der Waals surface area contributed by atoms with Crippen molar-refractivity contribution in [2.75, 3.05) is 59.7 Å². The minimum Gasteiger partial charge on any atom is -0.383 e. The zero-order chi connectivity index (χ0) is 14.6. The van der Waals surface area contributed by atoms with Crippen molar-refractivity contribution in [3.63, 3.8) is 0 Å². The Kier molecular flexibility index (Phi) is 9.50. The van der Waals surface area contributed by atoms with Crippen molar-refractivity contribution >= 4 is 34.7 Å². The van der Waals surface area contributed by atoms with Gasteiger partial charge in [0.25, 0.3) is 0 Å². The highest BCUT2D eigenvalue weighted by molar-refractivity contribution is 7.80. The zero-order valence-corrected chi connectivity index (χ0v) is 13.4. The lowest BCUT2D eigenvalue weighted by atomic mass is 10.4. The summed E-state index contributed by atoms with van der Waals surface area (Å²) in [6.07, 6.45) is 0. The van der Waals surface area contributed by atoms with E-state index in [1.165, 1.54) is 0 Å². The molecule has 1 heterocycles. The van der Waals surface area contributed by atoms with Crippen LogP contribution >= 0.6 is 24.4 Å². The van der Waals surface area contributed by atoms with E-state index in [1.807, 2.05) is 0 Å². The molecule has 0 bridgehead atoms. The van der Waals surface area contributed by atoms with Crippen molar-refractivity contribution in [3.05, 3.63) is 0 Å². The van der Waals surface area contributed by atoms with Crippen molar-refractivity contribution < 1.29 is 9.47 Å². The van der Waals surface area contributed by atoms with Crippen LogP contribution in [0.2, 0.25) is 0 Å². The lowest BCUT2D eigenvalue weighted by Crippen LogP contribution is -2.51. The second kappa shape index (κ2) is 11.0. The molecule has 0 saturated carbocycles. The van der Waals surface area contributed by atoms with E-state index in [4.69, 9.17) is 33.9 Å². The van der Waals surface area contributed by atoms with Gasteiger partial charge in [0, 0.05) is 39.8 Å². The predicted octanol–water partition coefficient (Wildman–Crippen LogP) is -1.19. The van der Waals surface area contributed by atoms with E-state index >= 15 is 0 Å². The van der Waals surface area contributed by atoms with E-state index in [-0.39, 0.29) is 0 Å². The van der Waals surface area contributed by atoms with Crippen LogP contribution in [0.25, 0.3) is 0 Å². The monoisotopic (exact) mass is 321 g/mol. The largest absolute Gasteiger partial charge is 0.383 e. The molecule has 1 saturated heterocycles. The second-order valence-electron chi connectivity index (χ2n) is 4.21. The summed E-state index contributed by atoms with van der Waals surface area (Å²) in [5, 5.41) is 7.09. The normalized spacial score (nSPS) is 15.4. The molecule has 4 N–H and O–H groups in total. The molecule has 0 spiro atoms. The van der Waals surface area contributed by atoms with Gasteiger partial charge in [-0.05, 0) is 24.4 Å². The third kappa shape index (κ3) is 8.43. The first kappa shape index (κ1) is 17.3. The van der Waals surface area contributed by atoms with E-state index in [0.29, 0.717) is 23.4 Å². The maximum Gasteiger partial charge on any atom is 0.185 e. The summed E-state index contributed by atoms with van der Waals surface area (Å²) in [7, 11) is 1.64. The molecular weight excluding hydrogens is 298 g/mol. The fourth-order valence-electron chi connectivity index (χ4n) is 1.62. The maximum absolute atomic E-state index is 5.29. The second-order valence-corrected chi connectivity index (χ2v) is 5.03. The molecule has 0 aliphatic carbocycles. The van der Waals surface area contributed by atoms with Crippen LogP contribution in [0, 0.1) is 0 Å². The van der Waals surface area contributed by atoms with Gasteiger partial charge in [0.05, 0.1) is 19.8 Å². The third-order valence-corrected chi connectivity index (χ3v) is 3.19. The smallest absolute Gasteiger partial charge is 0.185 e. The van der Waals surface area contributed by atoms with Gasteiger partial charge in [-0.15, -0.1) is 0 Å².